The maximum Gasteiger partial charge on any atom is 0.153 e. The van der Waals surface area contributed by atoms with Gasteiger partial charge in [0.25, 0.3) is 0 Å². The monoisotopic (exact) mass is 253 g/mol. The number of hydrogen-bond donors (Lipinski definition) is 2. The minimum absolute atomic E-state index is 0.535. The number of aryl methyl sites for hydroxylation is 1. The Morgan fingerprint density at radius 1 is 1.11 bits per heavy atom. The van der Waals surface area contributed by atoms with Crippen LogP contribution < -0.4 is 10.5 Å². The Bertz CT molecular complexity index is 746. The van der Waals surface area contributed by atoms with Crippen molar-refractivity contribution in [2.45, 2.75) is 6.92 Å². The van der Waals surface area contributed by atoms with Gasteiger partial charge < -0.3 is 10.5 Å². The van der Waals surface area contributed by atoms with Crippen molar-refractivity contribution < 1.29 is 4.74 Å². The zero-order chi connectivity index (χ0) is 13.4. The van der Waals surface area contributed by atoms with Crippen molar-refractivity contribution in [3.8, 4) is 16.9 Å². The first-order chi connectivity index (χ1) is 9.19. The number of nitrogens with one attached hydrogen (secondary N) is 1. The molecule has 0 aliphatic carbocycles. The molecule has 0 fully saturated rings. The van der Waals surface area contributed by atoms with Gasteiger partial charge in [-0.25, -0.2) is 0 Å². The summed E-state index contributed by atoms with van der Waals surface area (Å²) >= 11 is 0. The first kappa shape index (κ1) is 11.6. The fourth-order valence-electron chi connectivity index (χ4n) is 2.28. The lowest BCUT2D eigenvalue weighted by Crippen LogP contribution is -1.88. The van der Waals surface area contributed by atoms with Gasteiger partial charge >= 0.3 is 0 Å². The molecule has 0 unspecified atom stereocenters. The van der Waals surface area contributed by atoms with Crippen molar-refractivity contribution in [3.63, 3.8) is 0 Å². The van der Waals surface area contributed by atoms with Gasteiger partial charge in [0, 0.05) is 5.39 Å². The summed E-state index contributed by atoms with van der Waals surface area (Å²) in [5.74, 6) is 1.43. The van der Waals surface area contributed by atoms with Gasteiger partial charge in [-0.1, -0.05) is 12.1 Å². The molecule has 0 saturated heterocycles. The summed E-state index contributed by atoms with van der Waals surface area (Å²) in [7, 11) is 1.68. The molecular formula is C15H15N3O. The molecule has 3 aromatic rings. The van der Waals surface area contributed by atoms with Crippen molar-refractivity contribution in [2.75, 3.05) is 12.8 Å². The minimum Gasteiger partial charge on any atom is -0.496 e. The topological polar surface area (TPSA) is 63.9 Å². The van der Waals surface area contributed by atoms with E-state index in [-0.39, 0.29) is 0 Å². The molecule has 2 aromatic carbocycles. The van der Waals surface area contributed by atoms with Crippen molar-refractivity contribution in [1.29, 1.82) is 0 Å². The number of aromatic amines is 1. The van der Waals surface area contributed by atoms with Crippen LogP contribution in [0, 0.1) is 6.92 Å². The predicted octanol–water partition coefficient (Wildman–Crippen LogP) is 3.13. The number of nitrogens with two attached hydrogens (primary N) is 1. The highest BCUT2D eigenvalue weighted by Gasteiger charge is 2.06. The molecule has 0 atom stereocenters. The van der Waals surface area contributed by atoms with Crippen molar-refractivity contribution >= 4 is 16.7 Å². The lowest BCUT2D eigenvalue weighted by atomic mass is 10.0. The maximum atomic E-state index is 5.77. The number of nitrogens with zero attached hydrogens (tertiary/aromatic N) is 1. The first-order valence-corrected chi connectivity index (χ1v) is 6.07. The molecule has 1 aromatic heterocycles. The summed E-state index contributed by atoms with van der Waals surface area (Å²) in [6.07, 6.45) is 0. The van der Waals surface area contributed by atoms with E-state index in [1.165, 1.54) is 0 Å². The van der Waals surface area contributed by atoms with E-state index >= 15 is 0 Å². The molecule has 0 amide bonds. The fraction of sp³-hybridized carbons (Fsp3) is 0.133. The van der Waals surface area contributed by atoms with Crippen molar-refractivity contribution in [3.05, 3.63) is 42.0 Å². The standard InChI is InChI=1S/C15H15N3O/c1-9-7-10(4-6-14(9)19-2)11-3-5-12-13(8-11)17-18-15(12)16/h3-8H,1-2H3,(H3,16,17,18). The molecule has 3 rings (SSSR count). The number of anilines is 1. The number of aromatic nitrogens is 2. The summed E-state index contributed by atoms with van der Waals surface area (Å²) in [5, 5.41) is 7.90. The van der Waals surface area contributed by atoms with Gasteiger partial charge in [-0.05, 0) is 47.9 Å². The Kier molecular flexibility index (Phi) is 2.63. The molecule has 4 nitrogen and oxygen atoms in total. The molecule has 19 heavy (non-hydrogen) atoms. The van der Waals surface area contributed by atoms with Crippen LogP contribution in [-0.4, -0.2) is 17.3 Å². The third-order valence-electron chi connectivity index (χ3n) is 3.32. The number of nitrogen functional groups attached to an aromatic ring is 1. The van der Waals surface area contributed by atoms with E-state index in [1.54, 1.807) is 7.11 Å². The van der Waals surface area contributed by atoms with Gasteiger partial charge in [0.2, 0.25) is 0 Å². The van der Waals surface area contributed by atoms with E-state index in [0.29, 0.717) is 5.82 Å². The summed E-state index contributed by atoms with van der Waals surface area (Å²) in [4.78, 5) is 0. The second kappa shape index (κ2) is 4.31. The Labute approximate surface area is 111 Å². The normalized spacial score (nSPS) is 10.8. The zero-order valence-electron chi connectivity index (χ0n) is 10.9. The molecule has 0 saturated carbocycles. The van der Waals surface area contributed by atoms with Gasteiger partial charge in [-0.15, -0.1) is 0 Å². The zero-order valence-corrected chi connectivity index (χ0v) is 10.9. The lowest BCUT2D eigenvalue weighted by Gasteiger charge is -2.07. The fourth-order valence-corrected chi connectivity index (χ4v) is 2.28. The first-order valence-electron chi connectivity index (χ1n) is 6.07. The SMILES string of the molecule is COc1ccc(-c2ccc3c(N)n[nH]c3c2)cc1C. The second-order valence-corrected chi connectivity index (χ2v) is 4.55. The molecular weight excluding hydrogens is 238 g/mol. The van der Waals surface area contributed by atoms with Crippen LogP contribution in [0.2, 0.25) is 0 Å². The van der Waals surface area contributed by atoms with Crippen molar-refractivity contribution in [1.82, 2.24) is 10.2 Å². The Hall–Kier alpha value is -2.49. The number of hydrogen-bond acceptors (Lipinski definition) is 3. The van der Waals surface area contributed by atoms with Crippen LogP contribution in [0.3, 0.4) is 0 Å². The van der Waals surface area contributed by atoms with E-state index < -0.39 is 0 Å². The smallest absolute Gasteiger partial charge is 0.153 e. The predicted molar refractivity (Wildman–Crippen MR) is 77.2 cm³/mol. The number of methoxy groups -OCH3 is 1. The van der Waals surface area contributed by atoms with Crippen LogP contribution in [-0.2, 0) is 0 Å². The van der Waals surface area contributed by atoms with Crippen LogP contribution >= 0.6 is 0 Å². The van der Waals surface area contributed by atoms with E-state index in [1.807, 2.05) is 25.1 Å². The summed E-state index contributed by atoms with van der Waals surface area (Å²) in [5.41, 5.74) is 10.1. The maximum absolute atomic E-state index is 5.77. The van der Waals surface area contributed by atoms with Crippen LogP contribution in [0.1, 0.15) is 5.56 Å². The molecule has 1 heterocycles. The highest BCUT2D eigenvalue weighted by molar-refractivity contribution is 5.91. The number of rotatable bonds is 2. The van der Waals surface area contributed by atoms with Crippen molar-refractivity contribution in [2.24, 2.45) is 0 Å². The highest BCUT2D eigenvalue weighted by Crippen LogP contribution is 2.29. The average Bonchev–Trinajstić information content (AvgIpc) is 2.80. The van der Waals surface area contributed by atoms with Crippen LogP contribution in [0.5, 0.6) is 5.75 Å². The molecule has 0 spiro atoms. The molecule has 96 valence electrons. The highest BCUT2D eigenvalue weighted by atomic mass is 16.5. The van der Waals surface area contributed by atoms with Gasteiger partial charge in [0.1, 0.15) is 5.75 Å². The van der Waals surface area contributed by atoms with Gasteiger partial charge in [0.05, 0.1) is 12.6 Å². The average molecular weight is 253 g/mol. The van der Waals surface area contributed by atoms with Gasteiger partial charge in [-0.2, -0.15) is 5.10 Å². The molecule has 0 radical (unpaired) electrons. The number of ether oxygens (including phenoxy) is 1. The Morgan fingerprint density at radius 3 is 2.58 bits per heavy atom. The number of H-pyrrole nitrogens is 1. The minimum atomic E-state index is 0.535. The van der Waals surface area contributed by atoms with Crippen LogP contribution in [0.15, 0.2) is 36.4 Å². The quantitative estimate of drug-likeness (QED) is 0.737. The Balaban J connectivity index is 2.10. The Morgan fingerprint density at radius 2 is 1.84 bits per heavy atom. The van der Waals surface area contributed by atoms with E-state index in [2.05, 4.69) is 28.4 Å². The lowest BCUT2D eigenvalue weighted by molar-refractivity contribution is 0.412. The summed E-state index contributed by atoms with van der Waals surface area (Å²) in [6.45, 7) is 2.04. The molecule has 0 aliphatic heterocycles. The molecule has 0 aliphatic rings. The van der Waals surface area contributed by atoms with Crippen LogP contribution in [0.4, 0.5) is 5.82 Å². The third kappa shape index (κ3) is 1.91. The van der Waals surface area contributed by atoms with Gasteiger partial charge in [-0.3, -0.25) is 5.10 Å². The largest absolute Gasteiger partial charge is 0.496 e. The third-order valence-corrected chi connectivity index (χ3v) is 3.32. The second-order valence-electron chi connectivity index (χ2n) is 4.55. The summed E-state index contributed by atoms with van der Waals surface area (Å²) in [6, 6.07) is 12.2. The molecule has 4 heteroatoms. The van der Waals surface area contributed by atoms with E-state index in [4.69, 9.17) is 10.5 Å². The summed E-state index contributed by atoms with van der Waals surface area (Å²) < 4.78 is 5.28. The number of benzene rings is 2. The van der Waals surface area contributed by atoms with E-state index in [9.17, 15) is 0 Å². The molecule has 3 N–H and O–H groups in total. The number of fused-ring (bicyclic) bond motifs is 1. The van der Waals surface area contributed by atoms with E-state index in [0.717, 1.165) is 33.3 Å². The molecule has 0 bridgehead atoms. The van der Waals surface area contributed by atoms with Gasteiger partial charge in [0.15, 0.2) is 5.82 Å². The van der Waals surface area contributed by atoms with Crippen LogP contribution in [0.25, 0.3) is 22.0 Å².